The van der Waals surface area contributed by atoms with Crippen LogP contribution in [0.2, 0.25) is 0 Å². The Kier molecular flexibility index (Phi) is 5.83. The van der Waals surface area contributed by atoms with Gasteiger partial charge < -0.3 is 20.1 Å². The fourth-order valence-corrected chi connectivity index (χ4v) is 2.54. The normalized spacial score (nSPS) is 21.1. The first-order valence-electron chi connectivity index (χ1n) is 7.43. The zero-order chi connectivity index (χ0) is 14.4. The molecule has 1 heterocycles. The number of likely N-dealkylation sites (tertiary alicyclic amines) is 1. The zero-order valence-electron chi connectivity index (χ0n) is 12.5. The maximum absolute atomic E-state index is 9.90. The molecule has 0 radical (unpaired) electrons. The second-order valence-electron chi connectivity index (χ2n) is 5.71. The van der Waals surface area contributed by atoms with Crippen molar-refractivity contribution in [2.45, 2.75) is 31.9 Å². The Morgan fingerprint density at radius 1 is 1.40 bits per heavy atom. The second-order valence-corrected chi connectivity index (χ2v) is 5.71. The number of ether oxygens (including phenoxy) is 1. The van der Waals surface area contributed by atoms with Crippen molar-refractivity contribution >= 4 is 0 Å². The minimum atomic E-state index is -0.469. The molecular weight excluding hydrogens is 252 g/mol. The van der Waals surface area contributed by atoms with Gasteiger partial charge in [0.2, 0.25) is 0 Å². The molecule has 1 aromatic carbocycles. The fourth-order valence-electron chi connectivity index (χ4n) is 2.54. The van der Waals surface area contributed by atoms with Crippen LogP contribution in [0, 0.1) is 6.92 Å². The quantitative estimate of drug-likeness (QED) is 0.792. The number of likely N-dealkylation sites (N-methyl/N-ethyl adjacent to an activating group) is 1. The summed E-state index contributed by atoms with van der Waals surface area (Å²) in [7, 11) is 2.16. The van der Waals surface area contributed by atoms with Gasteiger partial charge in [-0.3, -0.25) is 0 Å². The van der Waals surface area contributed by atoms with E-state index >= 15 is 0 Å². The number of aliphatic hydroxyl groups is 1. The smallest absolute Gasteiger partial charge is 0.119 e. The van der Waals surface area contributed by atoms with Crippen LogP contribution in [-0.2, 0) is 0 Å². The molecule has 2 atom stereocenters. The van der Waals surface area contributed by atoms with Gasteiger partial charge >= 0.3 is 0 Å². The van der Waals surface area contributed by atoms with Gasteiger partial charge in [-0.15, -0.1) is 0 Å². The number of nitrogens with one attached hydrogen (secondary N) is 1. The second kappa shape index (κ2) is 7.62. The van der Waals surface area contributed by atoms with Crippen molar-refractivity contribution in [3.05, 3.63) is 29.8 Å². The van der Waals surface area contributed by atoms with Gasteiger partial charge in [-0.2, -0.15) is 0 Å². The van der Waals surface area contributed by atoms with Crippen molar-refractivity contribution in [2.24, 2.45) is 0 Å². The molecule has 1 aromatic rings. The van der Waals surface area contributed by atoms with Crippen molar-refractivity contribution in [1.29, 1.82) is 0 Å². The largest absolute Gasteiger partial charge is 0.491 e. The van der Waals surface area contributed by atoms with Crippen LogP contribution in [0.25, 0.3) is 0 Å². The summed E-state index contributed by atoms with van der Waals surface area (Å²) in [6.07, 6.45) is 2.06. The van der Waals surface area contributed by atoms with Crippen molar-refractivity contribution in [3.8, 4) is 5.75 Å². The molecule has 0 spiro atoms. The molecule has 20 heavy (non-hydrogen) atoms. The highest BCUT2D eigenvalue weighted by Crippen LogP contribution is 2.13. The SMILES string of the molecule is Cc1ccc(OCC(O)CNCC2CCCN2C)cc1. The van der Waals surface area contributed by atoms with E-state index in [1.54, 1.807) is 0 Å². The Morgan fingerprint density at radius 2 is 2.15 bits per heavy atom. The van der Waals surface area contributed by atoms with Crippen molar-refractivity contribution in [1.82, 2.24) is 10.2 Å². The van der Waals surface area contributed by atoms with Crippen LogP contribution in [0.4, 0.5) is 0 Å². The molecule has 0 bridgehead atoms. The van der Waals surface area contributed by atoms with Gasteiger partial charge in [0, 0.05) is 19.1 Å². The fraction of sp³-hybridized carbons (Fsp3) is 0.625. The topological polar surface area (TPSA) is 44.7 Å². The molecular formula is C16H26N2O2. The number of rotatable bonds is 7. The lowest BCUT2D eigenvalue weighted by atomic mass is 10.2. The molecule has 1 saturated heterocycles. The first-order valence-corrected chi connectivity index (χ1v) is 7.43. The number of hydrogen-bond donors (Lipinski definition) is 2. The predicted molar refractivity (Wildman–Crippen MR) is 81.2 cm³/mol. The first kappa shape index (κ1) is 15.3. The summed E-state index contributed by atoms with van der Waals surface area (Å²) >= 11 is 0. The van der Waals surface area contributed by atoms with E-state index in [1.807, 2.05) is 31.2 Å². The molecule has 2 unspecified atom stereocenters. The third-order valence-corrected chi connectivity index (χ3v) is 3.89. The average Bonchev–Trinajstić information content (AvgIpc) is 2.84. The first-order chi connectivity index (χ1) is 9.65. The zero-order valence-corrected chi connectivity index (χ0v) is 12.5. The molecule has 0 aromatic heterocycles. The number of aliphatic hydroxyl groups excluding tert-OH is 1. The number of benzene rings is 1. The van der Waals surface area contributed by atoms with Crippen LogP contribution in [-0.4, -0.2) is 55.4 Å². The maximum atomic E-state index is 9.90. The van der Waals surface area contributed by atoms with E-state index in [9.17, 15) is 5.11 Å². The maximum Gasteiger partial charge on any atom is 0.119 e. The Bertz CT molecular complexity index is 394. The molecule has 0 aliphatic carbocycles. The van der Waals surface area contributed by atoms with Gasteiger partial charge in [-0.1, -0.05) is 17.7 Å². The molecule has 0 amide bonds. The lowest BCUT2D eigenvalue weighted by molar-refractivity contribution is 0.105. The van der Waals surface area contributed by atoms with Gasteiger partial charge in [0.1, 0.15) is 18.5 Å². The van der Waals surface area contributed by atoms with Crippen LogP contribution >= 0.6 is 0 Å². The standard InChI is InChI=1S/C16H26N2O2/c1-13-5-7-16(8-6-13)20-12-15(19)11-17-10-14-4-3-9-18(14)2/h5-8,14-15,17,19H,3-4,9-12H2,1-2H3. The van der Waals surface area contributed by atoms with E-state index in [-0.39, 0.29) is 0 Å². The Labute approximate surface area is 121 Å². The summed E-state index contributed by atoms with van der Waals surface area (Å²) in [4.78, 5) is 2.38. The van der Waals surface area contributed by atoms with E-state index in [2.05, 4.69) is 17.3 Å². The highest BCUT2D eigenvalue weighted by atomic mass is 16.5. The molecule has 0 saturated carbocycles. The third-order valence-electron chi connectivity index (χ3n) is 3.89. The highest BCUT2D eigenvalue weighted by Gasteiger charge is 2.20. The molecule has 4 nitrogen and oxygen atoms in total. The molecule has 1 fully saturated rings. The van der Waals surface area contributed by atoms with Crippen molar-refractivity contribution < 1.29 is 9.84 Å². The van der Waals surface area contributed by atoms with Gasteiger partial charge in [-0.25, -0.2) is 0 Å². The number of aryl methyl sites for hydroxylation is 1. The minimum absolute atomic E-state index is 0.330. The van der Waals surface area contributed by atoms with Crippen LogP contribution in [0.1, 0.15) is 18.4 Å². The lowest BCUT2D eigenvalue weighted by Gasteiger charge is -2.21. The van der Waals surface area contributed by atoms with Crippen LogP contribution in [0.15, 0.2) is 24.3 Å². The highest BCUT2D eigenvalue weighted by molar-refractivity contribution is 5.26. The van der Waals surface area contributed by atoms with Crippen LogP contribution < -0.4 is 10.1 Å². The summed E-state index contributed by atoms with van der Waals surface area (Å²) in [5.41, 5.74) is 1.21. The van der Waals surface area contributed by atoms with Crippen LogP contribution in [0.3, 0.4) is 0 Å². The van der Waals surface area contributed by atoms with Crippen molar-refractivity contribution in [2.75, 3.05) is 33.3 Å². The lowest BCUT2D eigenvalue weighted by Crippen LogP contribution is -2.39. The number of hydrogen-bond acceptors (Lipinski definition) is 4. The molecule has 2 rings (SSSR count). The molecule has 1 aliphatic rings. The van der Waals surface area contributed by atoms with E-state index in [0.29, 0.717) is 19.2 Å². The molecule has 4 heteroatoms. The molecule has 1 aliphatic heterocycles. The third kappa shape index (κ3) is 4.78. The van der Waals surface area contributed by atoms with Crippen molar-refractivity contribution in [3.63, 3.8) is 0 Å². The van der Waals surface area contributed by atoms with E-state index < -0.39 is 6.10 Å². The monoisotopic (exact) mass is 278 g/mol. The van der Waals surface area contributed by atoms with Gasteiger partial charge in [0.05, 0.1) is 0 Å². The van der Waals surface area contributed by atoms with Gasteiger partial charge in [0.15, 0.2) is 0 Å². The summed E-state index contributed by atoms with van der Waals surface area (Å²) in [6, 6.07) is 8.50. The number of nitrogens with zero attached hydrogens (tertiary/aromatic N) is 1. The summed E-state index contributed by atoms with van der Waals surface area (Å²) in [6.45, 7) is 5.08. The summed E-state index contributed by atoms with van der Waals surface area (Å²) in [5, 5.41) is 13.2. The van der Waals surface area contributed by atoms with Gasteiger partial charge in [-0.05, 0) is 45.5 Å². The Morgan fingerprint density at radius 3 is 2.80 bits per heavy atom. The predicted octanol–water partition coefficient (Wildman–Crippen LogP) is 1.42. The Balaban J connectivity index is 1.60. The van der Waals surface area contributed by atoms with E-state index in [1.165, 1.54) is 24.9 Å². The Hall–Kier alpha value is -1.10. The van der Waals surface area contributed by atoms with E-state index in [4.69, 9.17) is 4.74 Å². The van der Waals surface area contributed by atoms with E-state index in [0.717, 1.165) is 12.3 Å². The molecule has 2 N–H and O–H groups in total. The van der Waals surface area contributed by atoms with Gasteiger partial charge in [0.25, 0.3) is 0 Å². The summed E-state index contributed by atoms with van der Waals surface area (Å²) in [5.74, 6) is 0.810. The minimum Gasteiger partial charge on any atom is -0.491 e. The average molecular weight is 278 g/mol. The van der Waals surface area contributed by atoms with Crippen LogP contribution in [0.5, 0.6) is 5.75 Å². The summed E-state index contributed by atoms with van der Waals surface area (Å²) < 4.78 is 5.57. The molecule has 112 valence electrons.